The lowest BCUT2D eigenvalue weighted by Crippen LogP contribution is -2.30. The van der Waals surface area contributed by atoms with Crippen molar-refractivity contribution < 1.29 is 28.7 Å². The third-order valence-corrected chi connectivity index (χ3v) is 5.19. The van der Waals surface area contributed by atoms with Crippen LogP contribution in [0.2, 0.25) is 5.02 Å². The van der Waals surface area contributed by atoms with Gasteiger partial charge in [-0.1, -0.05) is 11.6 Å². The molecular formula is C23H22ClNO6. The zero-order valence-corrected chi connectivity index (χ0v) is 17.9. The van der Waals surface area contributed by atoms with Gasteiger partial charge in [-0.2, -0.15) is 0 Å². The summed E-state index contributed by atoms with van der Waals surface area (Å²) in [5, 5.41) is 0.501. The highest BCUT2D eigenvalue weighted by atomic mass is 35.5. The lowest BCUT2D eigenvalue weighted by atomic mass is 10.1. The van der Waals surface area contributed by atoms with E-state index in [-0.39, 0.29) is 31.3 Å². The minimum atomic E-state index is -0.985. The van der Waals surface area contributed by atoms with Gasteiger partial charge in [0, 0.05) is 29.2 Å². The highest BCUT2D eigenvalue weighted by Crippen LogP contribution is 2.27. The smallest absolute Gasteiger partial charge is 0.338 e. The molecule has 0 radical (unpaired) electrons. The second-order valence-electron chi connectivity index (χ2n) is 7.12. The Balaban J connectivity index is 1.61. The number of anilines is 1. The summed E-state index contributed by atoms with van der Waals surface area (Å²) in [4.78, 5) is 50.7. The molecule has 0 aromatic heterocycles. The summed E-state index contributed by atoms with van der Waals surface area (Å²) >= 11 is 5.83. The van der Waals surface area contributed by atoms with Gasteiger partial charge in [-0.05, 0) is 62.4 Å². The summed E-state index contributed by atoms with van der Waals surface area (Å²) in [7, 11) is 0. The number of esters is 2. The molecule has 0 N–H and O–H groups in total. The van der Waals surface area contributed by atoms with Crippen LogP contribution >= 0.6 is 11.6 Å². The van der Waals surface area contributed by atoms with Crippen molar-refractivity contribution >= 4 is 40.9 Å². The number of nitrogens with zero attached hydrogens (tertiary/aromatic N) is 1. The molecule has 1 fully saturated rings. The van der Waals surface area contributed by atoms with Crippen LogP contribution in [0.5, 0.6) is 0 Å². The standard InChI is InChI=1S/C23H22ClNO6/c1-3-30-22(28)16-6-10-19(11-7-16)25-13-17(12-20(25)26)23(29)31-14(2)21(27)15-4-8-18(24)9-5-15/h4-11,14,17H,3,12-13H2,1-2H3. The number of hydrogen-bond acceptors (Lipinski definition) is 6. The van der Waals surface area contributed by atoms with Crippen LogP contribution in [0.1, 0.15) is 41.0 Å². The van der Waals surface area contributed by atoms with E-state index >= 15 is 0 Å². The van der Waals surface area contributed by atoms with Crippen molar-refractivity contribution in [2.45, 2.75) is 26.4 Å². The summed E-state index contributed by atoms with van der Waals surface area (Å²) in [5.74, 6) is -2.31. The lowest BCUT2D eigenvalue weighted by molar-refractivity contribution is -0.151. The minimum Gasteiger partial charge on any atom is -0.462 e. The average Bonchev–Trinajstić information content (AvgIpc) is 3.16. The fourth-order valence-corrected chi connectivity index (χ4v) is 3.41. The Labute approximate surface area is 184 Å². The first-order valence-electron chi connectivity index (χ1n) is 9.88. The molecule has 2 atom stereocenters. The van der Waals surface area contributed by atoms with E-state index in [1.807, 2.05) is 0 Å². The first-order valence-corrected chi connectivity index (χ1v) is 10.3. The predicted molar refractivity (Wildman–Crippen MR) is 114 cm³/mol. The first-order chi connectivity index (χ1) is 14.8. The summed E-state index contributed by atoms with van der Waals surface area (Å²) < 4.78 is 10.3. The maximum absolute atomic E-state index is 12.5. The molecule has 2 aromatic rings. The van der Waals surface area contributed by atoms with Gasteiger partial charge in [0.25, 0.3) is 0 Å². The Morgan fingerprint density at radius 2 is 1.68 bits per heavy atom. The third kappa shape index (κ3) is 5.30. The van der Waals surface area contributed by atoms with Gasteiger partial charge >= 0.3 is 11.9 Å². The number of Topliss-reactive ketones (excluding diaryl/α,β-unsaturated/α-hetero) is 1. The molecular weight excluding hydrogens is 422 g/mol. The molecule has 0 spiro atoms. The van der Waals surface area contributed by atoms with Crippen LogP contribution in [0.3, 0.4) is 0 Å². The number of rotatable bonds is 7. The molecule has 0 aliphatic carbocycles. The Hall–Kier alpha value is -3.19. The van der Waals surface area contributed by atoms with E-state index in [4.69, 9.17) is 21.1 Å². The van der Waals surface area contributed by atoms with Crippen LogP contribution in [-0.2, 0) is 19.1 Å². The molecule has 1 saturated heterocycles. The van der Waals surface area contributed by atoms with Crippen LogP contribution in [-0.4, -0.2) is 42.9 Å². The first kappa shape index (κ1) is 22.5. The van der Waals surface area contributed by atoms with Crippen molar-refractivity contribution in [2.24, 2.45) is 5.92 Å². The Bertz CT molecular complexity index is 986. The van der Waals surface area contributed by atoms with Crippen molar-refractivity contribution in [3.8, 4) is 0 Å². The van der Waals surface area contributed by atoms with E-state index in [9.17, 15) is 19.2 Å². The normalized spacial score (nSPS) is 16.7. The number of hydrogen-bond donors (Lipinski definition) is 0. The molecule has 3 rings (SSSR count). The topological polar surface area (TPSA) is 90.0 Å². The van der Waals surface area contributed by atoms with E-state index < -0.39 is 24.0 Å². The zero-order valence-electron chi connectivity index (χ0n) is 17.2. The second-order valence-corrected chi connectivity index (χ2v) is 7.56. The van der Waals surface area contributed by atoms with Gasteiger partial charge in [-0.3, -0.25) is 14.4 Å². The number of halogens is 1. The quantitative estimate of drug-likeness (QED) is 0.479. The highest BCUT2D eigenvalue weighted by Gasteiger charge is 2.37. The van der Waals surface area contributed by atoms with Crippen molar-refractivity contribution in [2.75, 3.05) is 18.1 Å². The number of benzene rings is 2. The van der Waals surface area contributed by atoms with Gasteiger partial charge in [0.15, 0.2) is 6.10 Å². The number of ketones is 1. The van der Waals surface area contributed by atoms with Gasteiger partial charge < -0.3 is 14.4 Å². The molecule has 0 saturated carbocycles. The van der Waals surface area contributed by atoms with Crippen molar-refractivity contribution in [3.63, 3.8) is 0 Å². The van der Waals surface area contributed by atoms with Gasteiger partial charge in [-0.25, -0.2) is 4.79 Å². The summed E-state index contributed by atoms with van der Waals surface area (Å²) in [6.45, 7) is 3.63. The maximum Gasteiger partial charge on any atom is 0.338 e. The van der Waals surface area contributed by atoms with E-state index in [1.165, 1.54) is 11.8 Å². The molecule has 7 nitrogen and oxygen atoms in total. The van der Waals surface area contributed by atoms with E-state index in [0.29, 0.717) is 21.8 Å². The van der Waals surface area contributed by atoms with Crippen molar-refractivity contribution in [1.82, 2.24) is 0 Å². The SMILES string of the molecule is CCOC(=O)c1ccc(N2CC(C(=O)OC(C)C(=O)c3ccc(Cl)cc3)CC2=O)cc1. The molecule has 2 unspecified atom stereocenters. The van der Waals surface area contributed by atoms with Crippen LogP contribution in [0.15, 0.2) is 48.5 Å². The molecule has 31 heavy (non-hydrogen) atoms. The number of carbonyl (C=O) groups is 4. The molecule has 2 aromatic carbocycles. The molecule has 1 aliphatic heterocycles. The predicted octanol–water partition coefficient (Wildman–Crippen LogP) is 3.68. The monoisotopic (exact) mass is 443 g/mol. The van der Waals surface area contributed by atoms with Gasteiger partial charge in [0.1, 0.15) is 0 Å². The Morgan fingerprint density at radius 1 is 1.06 bits per heavy atom. The number of amides is 1. The fraction of sp³-hybridized carbons (Fsp3) is 0.304. The largest absolute Gasteiger partial charge is 0.462 e. The maximum atomic E-state index is 12.5. The van der Waals surface area contributed by atoms with Crippen LogP contribution < -0.4 is 4.90 Å². The molecule has 1 aliphatic rings. The zero-order chi connectivity index (χ0) is 22.5. The molecule has 1 heterocycles. The van der Waals surface area contributed by atoms with E-state index in [2.05, 4.69) is 0 Å². The summed E-state index contributed by atoms with van der Waals surface area (Å²) in [6, 6.07) is 12.7. The van der Waals surface area contributed by atoms with Gasteiger partial charge in [-0.15, -0.1) is 0 Å². The van der Waals surface area contributed by atoms with Crippen LogP contribution in [0.25, 0.3) is 0 Å². The van der Waals surface area contributed by atoms with E-state index in [1.54, 1.807) is 55.5 Å². The molecule has 0 bridgehead atoms. The van der Waals surface area contributed by atoms with Gasteiger partial charge in [0.2, 0.25) is 11.7 Å². The van der Waals surface area contributed by atoms with Crippen molar-refractivity contribution in [1.29, 1.82) is 0 Å². The average molecular weight is 444 g/mol. The molecule has 162 valence electrons. The van der Waals surface area contributed by atoms with Crippen LogP contribution in [0, 0.1) is 5.92 Å². The van der Waals surface area contributed by atoms with Crippen molar-refractivity contribution in [3.05, 3.63) is 64.7 Å². The number of ether oxygens (including phenoxy) is 2. The minimum absolute atomic E-state index is 0.0136. The number of carbonyl (C=O) groups excluding carboxylic acids is 4. The Kier molecular flexibility index (Phi) is 7.07. The highest BCUT2D eigenvalue weighted by molar-refractivity contribution is 6.30. The van der Waals surface area contributed by atoms with Gasteiger partial charge in [0.05, 0.1) is 18.1 Å². The Morgan fingerprint density at radius 3 is 2.29 bits per heavy atom. The molecule has 8 heteroatoms. The second kappa shape index (κ2) is 9.75. The van der Waals surface area contributed by atoms with Crippen LogP contribution in [0.4, 0.5) is 5.69 Å². The third-order valence-electron chi connectivity index (χ3n) is 4.94. The lowest BCUT2D eigenvalue weighted by Gasteiger charge is -2.18. The summed E-state index contributed by atoms with van der Waals surface area (Å²) in [6.07, 6.45) is -0.998. The van der Waals surface area contributed by atoms with E-state index in [0.717, 1.165) is 0 Å². The molecule has 1 amide bonds. The fourth-order valence-electron chi connectivity index (χ4n) is 3.28. The summed E-state index contributed by atoms with van der Waals surface area (Å²) in [5.41, 5.74) is 1.33.